The molecule has 4 heteroatoms. The lowest BCUT2D eigenvalue weighted by atomic mass is 10.1. The number of pyridine rings is 1. The predicted molar refractivity (Wildman–Crippen MR) is 75.4 cm³/mol. The van der Waals surface area contributed by atoms with Crippen LogP contribution in [0.1, 0.15) is 18.4 Å². The van der Waals surface area contributed by atoms with E-state index in [1.54, 1.807) is 0 Å². The van der Waals surface area contributed by atoms with Crippen LogP contribution in [0.3, 0.4) is 0 Å². The van der Waals surface area contributed by atoms with Gasteiger partial charge >= 0.3 is 0 Å². The summed E-state index contributed by atoms with van der Waals surface area (Å²) in [5, 5.41) is 3.40. The SMILES string of the molecule is Cc1cc(NCCC2CCN(C)C2)ncc1Br. The van der Waals surface area contributed by atoms with E-state index in [4.69, 9.17) is 0 Å². The number of aryl methyl sites for hydroxylation is 1. The molecule has 1 fully saturated rings. The van der Waals surface area contributed by atoms with Gasteiger partial charge in [-0.25, -0.2) is 4.98 Å². The van der Waals surface area contributed by atoms with E-state index in [2.05, 4.69) is 51.2 Å². The monoisotopic (exact) mass is 297 g/mol. The molecule has 1 aliphatic heterocycles. The minimum Gasteiger partial charge on any atom is -0.370 e. The Balaban J connectivity index is 1.76. The lowest BCUT2D eigenvalue weighted by molar-refractivity contribution is 0.390. The molecule has 1 saturated heterocycles. The zero-order chi connectivity index (χ0) is 12.3. The second kappa shape index (κ2) is 5.83. The number of hydrogen-bond acceptors (Lipinski definition) is 3. The Kier molecular flexibility index (Phi) is 4.40. The second-order valence-corrected chi connectivity index (χ2v) is 5.81. The van der Waals surface area contributed by atoms with Crippen molar-refractivity contribution in [3.63, 3.8) is 0 Å². The molecule has 2 rings (SSSR count). The fourth-order valence-corrected chi connectivity index (χ4v) is 2.52. The van der Waals surface area contributed by atoms with E-state index in [0.717, 1.165) is 22.8 Å². The van der Waals surface area contributed by atoms with Gasteiger partial charge in [-0.1, -0.05) is 0 Å². The van der Waals surface area contributed by atoms with E-state index >= 15 is 0 Å². The zero-order valence-electron chi connectivity index (χ0n) is 10.5. The Bertz CT molecular complexity index is 381. The van der Waals surface area contributed by atoms with E-state index in [1.807, 2.05) is 6.20 Å². The van der Waals surface area contributed by atoms with Crippen LogP contribution in [0.2, 0.25) is 0 Å². The van der Waals surface area contributed by atoms with Gasteiger partial charge in [0.05, 0.1) is 0 Å². The van der Waals surface area contributed by atoms with Crippen molar-refractivity contribution in [1.82, 2.24) is 9.88 Å². The van der Waals surface area contributed by atoms with Crippen LogP contribution in [-0.4, -0.2) is 36.6 Å². The van der Waals surface area contributed by atoms with Gasteiger partial charge in [-0.3, -0.25) is 0 Å². The molecule has 0 amide bonds. The molecule has 1 unspecified atom stereocenters. The van der Waals surface area contributed by atoms with Crippen LogP contribution < -0.4 is 5.32 Å². The Hall–Kier alpha value is -0.610. The van der Waals surface area contributed by atoms with Crippen molar-refractivity contribution in [3.05, 3.63) is 22.3 Å². The summed E-state index contributed by atoms with van der Waals surface area (Å²) in [6, 6.07) is 2.09. The third-order valence-corrected chi connectivity index (χ3v) is 4.22. The van der Waals surface area contributed by atoms with Gasteiger partial charge in [0, 0.05) is 23.8 Å². The van der Waals surface area contributed by atoms with Gasteiger partial charge in [-0.2, -0.15) is 0 Å². The Morgan fingerprint density at radius 3 is 3.06 bits per heavy atom. The van der Waals surface area contributed by atoms with E-state index in [-0.39, 0.29) is 0 Å². The molecule has 0 radical (unpaired) electrons. The number of halogens is 1. The van der Waals surface area contributed by atoms with Crippen LogP contribution in [0, 0.1) is 12.8 Å². The number of anilines is 1. The van der Waals surface area contributed by atoms with Crippen LogP contribution in [0.25, 0.3) is 0 Å². The van der Waals surface area contributed by atoms with Crippen molar-refractivity contribution in [1.29, 1.82) is 0 Å². The van der Waals surface area contributed by atoms with Gasteiger partial charge in [0.1, 0.15) is 5.82 Å². The molecule has 0 saturated carbocycles. The van der Waals surface area contributed by atoms with Crippen LogP contribution in [0.5, 0.6) is 0 Å². The Labute approximate surface area is 112 Å². The quantitative estimate of drug-likeness (QED) is 0.926. The largest absolute Gasteiger partial charge is 0.370 e. The van der Waals surface area contributed by atoms with Gasteiger partial charge in [-0.05, 0) is 66.8 Å². The lowest BCUT2D eigenvalue weighted by Crippen LogP contribution is -2.16. The van der Waals surface area contributed by atoms with Crippen LogP contribution in [0.15, 0.2) is 16.7 Å². The van der Waals surface area contributed by atoms with Crippen LogP contribution >= 0.6 is 15.9 Å². The highest BCUT2D eigenvalue weighted by Gasteiger charge is 2.18. The smallest absolute Gasteiger partial charge is 0.126 e. The molecule has 17 heavy (non-hydrogen) atoms. The molecule has 94 valence electrons. The van der Waals surface area contributed by atoms with Gasteiger partial charge in [-0.15, -0.1) is 0 Å². The maximum absolute atomic E-state index is 4.35. The molecule has 1 aromatic heterocycles. The Morgan fingerprint density at radius 2 is 2.41 bits per heavy atom. The summed E-state index contributed by atoms with van der Waals surface area (Å²) in [7, 11) is 2.20. The first-order valence-corrected chi connectivity index (χ1v) is 6.99. The number of hydrogen-bond donors (Lipinski definition) is 1. The highest BCUT2D eigenvalue weighted by Crippen LogP contribution is 2.19. The second-order valence-electron chi connectivity index (χ2n) is 4.95. The average molecular weight is 298 g/mol. The molecule has 1 atom stereocenters. The molecular formula is C13H20BrN3. The van der Waals surface area contributed by atoms with E-state index in [9.17, 15) is 0 Å². The minimum absolute atomic E-state index is 0.851. The third kappa shape index (κ3) is 3.68. The minimum atomic E-state index is 0.851. The molecule has 1 aliphatic rings. The first-order chi connectivity index (χ1) is 8.15. The number of aromatic nitrogens is 1. The fraction of sp³-hybridized carbons (Fsp3) is 0.615. The van der Waals surface area contributed by atoms with Gasteiger partial charge in [0.25, 0.3) is 0 Å². The standard InChI is InChI=1S/C13H20BrN3/c1-10-7-13(16-8-12(10)14)15-5-3-11-4-6-17(2)9-11/h7-8,11H,3-6,9H2,1-2H3,(H,15,16). The molecule has 0 aromatic carbocycles. The summed E-state index contributed by atoms with van der Waals surface area (Å²) < 4.78 is 1.07. The van der Waals surface area contributed by atoms with Gasteiger partial charge in [0.15, 0.2) is 0 Å². The van der Waals surface area contributed by atoms with Crippen LogP contribution in [0.4, 0.5) is 5.82 Å². The van der Waals surface area contributed by atoms with E-state index in [0.29, 0.717) is 0 Å². The average Bonchev–Trinajstić information content (AvgIpc) is 2.70. The summed E-state index contributed by atoms with van der Waals surface area (Å²) in [4.78, 5) is 6.76. The number of nitrogens with one attached hydrogen (secondary N) is 1. The fourth-order valence-electron chi connectivity index (χ4n) is 2.30. The van der Waals surface area contributed by atoms with Crippen molar-refractivity contribution in [2.75, 3.05) is 32.0 Å². The molecule has 1 aromatic rings. The van der Waals surface area contributed by atoms with Gasteiger partial charge < -0.3 is 10.2 Å². The Morgan fingerprint density at radius 1 is 1.59 bits per heavy atom. The first-order valence-electron chi connectivity index (χ1n) is 6.19. The van der Waals surface area contributed by atoms with E-state index in [1.165, 1.54) is 31.5 Å². The summed E-state index contributed by atoms with van der Waals surface area (Å²) >= 11 is 3.46. The van der Waals surface area contributed by atoms with Crippen molar-refractivity contribution in [2.45, 2.75) is 19.8 Å². The molecule has 3 nitrogen and oxygen atoms in total. The number of likely N-dealkylation sites (tertiary alicyclic amines) is 1. The van der Waals surface area contributed by atoms with Crippen LogP contribution in [-0.2, 0) is 0 Å². The maximum atomic E-state index is 4.35. The van der Waals surface area contributed by atoms with Gasteiger partial charge in [0.2, 0.25) is 0 Å². The van der Waals surface area contributed by atoms with Crippen molar-refractivity contribution in [3.8, 4) is 0 Å². The molecule has 0 aliphatic carbocycles. The predicted octanol–water partition coefficient (Wildman–Crippen LogP) is 2.91. The van der Waals surface area contributed by atoms with Crippen molar-refractivity contribution >= 4 is 21.7 Å². The summed E-state index contributed by atoms with van der Waals surface area (Å²) in [5.41, 5.74) is 1.23. The number of rotatable bonds is 4. The normalized spacial score (nSPS) is 20.8. The third-order valence-electron chi connectivity index (χ3n) is 3.39. The summed E-state index contributed by atoms with van der Waals surface area (Å²) in [6.45, 7) is 5.60. The molecule has 0 spiro atoms. The molecule has 1 N–H and O–H groups in total. The van der Waals surface area contributed by atoms with E-state index < -0.39 is 0 Å². The van der Waals surface area contributed by atoms with Crippen molar-refractivity contribution < 1.29 is 0 Å². The topological polar surface area (TPSA) is 28.2 Å². The number of nitrogens with zero attached hydrogens (tertiary/aromatic N) is 2. The first kappa shape index (κ1) is 12.8. The summed E-state index contributed by atoms with van der Waals surface area (Å²) in [5.74, 6) is 1.83. The molecule has 2 heterocycles. The van der Waals surface area contributed by atoms with Crippen molar-refractivity contribution in [2.24, 2.45) is 5.92 Å². The molecular weight excluding hydrogens is 278 g/mol. The maximum Gasteiger partial charge on any atom is 0.126 e. The summed E-state index contributed by atoms with van der Waals surface area (Å²) in [6.07, 6.45) is 4.44. The molecule has 0 bridgehead atoms. The highest BCUT2D eigenvalue weighted by atomic mass is 79.9. The zero-order valence-corrected chi connectivity index (χ0v) is 12.1. The highest BCUT2D eigenvalue weighted by molar-refractivity contribution is 9.10. The lowest BCUT2D eigenvalue weighted by Gasteiger charge is -2.11.